The van der Waals surface area contributed by atoms with Crippen LogP contribution in [0.25, 0.3) is 11.1 Å². The summed E-state index contributed by atoms with van der Waals surface area (Å²) in [5, 5.41) is 0. The van der Waals surface area contributed by atoms with Crippen molar-refractivity contribution in [3.8, 4) is 11.1 Å². The fourth-order valence-corrected chi connectivity index (χ4v) is 2.04. The summed E-state index contributed by atoms with van der Waals surface area (Å²) in [5.74, 6) is 0.367. The van der Waals surface area contributed by atoms with Gasteiger partial charge in [-0.05, 0) is 53.6 Å². The van der Waals surface area contributed by atoms with Crippen LogP contribution in [0.4, 0.5) is 4.39 Å². The van der Waals surface area contributed by atoms with E-state index in [-0.39, 0.29) is 5.82 Å². The average molecular weight is 216 g/mol. The highest BCUT2D eigenvalue weighted by molar-refractivity contribution is 5.74. The lowest BCUT2D eigenvalue weighted by molar-refractivity contribution is 0.624. The molecule has 0 aromatic heterocycles. The molecule has 0 unspecified atom stereocenters. The topological polar surface area (TPSA) is 0 Å². The van der Waals surface area contributed by atoms with Crippen LogP contribution in [-0.2, 0) is 0 Å². The van der Waals surface area contributed by atoms with Gasteiger partial charge in [-0.25, -0.2) is 4.39 Å². The molecule has 0 bridgehead atoms. The summed E-state index contributed by atoms with van der Waals surface area (Å²) in [6.45, 7) is 8.20. The molecule has 2 rings (SSSR count). The lowest BCUT2D eigenvalue weighted by Crippen LogP contribution is -1.84. The van der Waals surface area contributed by atoms with Crippen molar-refractivity contribution < 1.29 is 4.39 Å². The zero-order valence-corrected chi connectivity index (χ0v) is 10.3. The van der Waals surface area contributed by atoms with Crippen LogP contribution in [0.3, 0.4) is 0 Å². The minimum absolute atomic E-state index is 0.0981. The number of aryl methyl sites for hydroxylation is 1. The zero-order valence-electron chi connectivity index (χ0n) is 10.3. The lowest BCUT2D eigenvalue weighted by Gasteiger charge is -2.03. The number of rotatable bonds is 1. The minimum atomic E-state index is -0.0981. The molecule has 16 heavy (non-hydrogen) atoms. The molecule has 0 nitrogen and oxygen atoms in total. The molecule has 0 aromatic rings. The number of fused-ring (bicyclic) bond motifs is 1. The van der Waals surface area contributed by atoms with Gasteiger partial charge in [-0.15, -0.1) is 0 Å². The summed E-state index contributed by atoms with van der Waals surface area (Å²) in [4.78, 5) is 0. The second-order valence-corrected chi connectivity index (χ2v) is 4.76. The van der Waals surface area contributed by atoms with Gasteiger partial charge in [-0.3, -0.25) is 0 Å². The highest BCUT2D eigenvalue weighted by Crippen LogP contribution is 2.34. The molecule has 0 atom stereocenters. The van der Waals surface area contributed by atoms with Crippen molar-refractivity contribution in [2.45, 2.75) is 33.6 Å². The van der Waals surface area contributed by atoms with Gasteiger partial charge in [0.05, 0.1) is 0 Å². The van der Waals surface area contributed by atoms with E-state index in [9.17, 15) is 4.39 Å². The maximum Gasteiger partial charge on any atom is 0.127 e. The second-order valence-electron chi connectivity index (χ2n) is 4.76. The normalized spacial score (nSPS) is 11.4. The van der Waals surface area contributed by atoms with E-state index in [2.05, 4.69) is 32.0 Å². The maximum atomic E-state index is 13.6. The number of hydrogen-bond acceptors (Lipinski definition) is 0. The molecule has 0 saturated carbocycles. The van der Waals surface area contributed by atoms with E-state index in [0.717, 1.165) is 22.3 Å². The Balaban J connectivity index is 2.77. The van der Waals surface area contributed by atoms with Crippen LogP contribution >= 0.6 is 0 Å². The molecule has 0 spiro atoms. The fourth-order valence-electron chi connectivity index (χ4n) is 2.04. The van der Waals surface area contributed by atoms with Gasteiger partial charge >= 0.3 is 0 Å². The smallest absolute Gasteiger partial charge is 0.127 e. The van der Waals surface area contributed by atoms with E-state index in [0.29, 0.717) is 5.92 Å². The van der Waals surface area contributed by atoms with Crippen LogP contribution in [0.2, 0.25) is 0 Å². The van der Waals surface area contributed by atoms with Gasteiger partial charge in [0.1, 0.15) is 5.82 Å². The van der Waals surface area contributed by atoms with Gasteiger partial charge in [-0.2, -0.15) is 0 Å². The van der Waals surface area contributed by atoms with Gasteiger partial charge in [0.25, 0.3) is 0 Å². The molecular formula is C15H17F. The van der Waals surface area contributed by atoms with Crippen molar-refractivity contribution in [1.82, 2.24) is 0 Å². The highest BCUT2D eigenvalue weighted by atomic mass is 19.1. The molecule has 0 fully saturated rings. The highest BCUT2D eigenvalue weighted by Gasteiger charge is 2.14. The number of hydrogen-bond donors (Lipinski definition) is 0. The average Bonchev–Trinajstić information content (AvgIpc) is 2.42. The predicted octanol–water partition coefficient (Wildman–Crippen LogP) is 4.67. The summed E-state index contributed by atoms with van der Waals surface area (Å²) in [7, 11) is 0. The minimum Gasteiger partial charge on any atom is -0.207 e. The maximum absolute atomic E-state index is 13.6. The van der Waals surface area contributed by atoms with Crippen LogP contribution in [0, 0.1) is 19.7 Å². The van der Waals surface area contributed by atoms with Gasteiger partial charge in [0, 0.05) is 0 Å². The fraction of sp³-hybridized carbons (Fsp3) is 0.333. The quantitative estimate of drug-likeness (QED) is 0.649. The Labute approximate surface area is 96.5 Å². The van der Waals surface area contributed by atoms with Crippen LogP contribution in [0.5, 0.6) is 0 Å². The van der Waals surface area contributed by atoms with Gasteiger partial charge in [0.2, 0.25) is 0 Å². The third kappa shape index (κ3) is 1.71. The lowest BCUT2D eigenvalue weighted by atomic mass is 10.0. The van der Waals surface area contributed by atoms with E-state index in [4.69, 9.17) is 0 Å². The molecule has 0 aromatic carbocycles. The molecule has 1 heteroatoms. The Morgan fingerprint density at radius 1 is 1.00 bits per heavy atom. The summed E-state index contributed by atoms with van der Waals surface area (Å²) in [6.07, 6.45) is 0. The Hall–Kier alpha value is -1.37. The van der Waals surface area contributed by atoms with Crippen LogP contribution in [-0.4, -0.2) is 0 Å². The third-order valence-electron chi connectivity index (χ3n) is 3.25. The predicted molar refractivity (Wildman–Crippen MR) is 66.6 cm³/mol. The summed E-state index contributed by atoms with van der Waals surface area (Å²) >= 11 is 0. The van der Waals surface area contributed by atoms with E-state index >= 15 is 0 Å². The first-order valence-electron chi connectivity index (χ1n) is 5.70. The Morgan fingerprint density at radius 3 is 2.31 bits per heavy atom. The third-order valence-corrected chi connectivity index (χ3v) is 3.25. The van der Waals surface area contributed by atoms with E-state index < -0.39 is 0 Å². The molecule has 84 valence electrons. The summed E-state index contributed by atoms with van der Waals surface area (Å²) in [6, 6.07) is 7.98. The van der Waals surface area contributed by atoms with Gasteiger partial charge < -0.3 is 0 Å². The first-order valence-corrected chi connectivity index (χ1v) is 5.70. The molecular weight excluding hydrogens is 199 g/mol. The summed E-state index contributed by atoms with van der Waals surface area (Å²) < 4.78 is 13.6. The van der Waals surface area contributed by atoms with Crippen LogP contribution < -0.4 is 0 Å². The Bertz CT molecular complexity index is 497. The van der Waals surface area contributed by atoms with Crippen LogP contribution in [0.15, 0.2) is 24.3 Å². The molecule has 0 heterocycles. The molecule has 2 aliphatic rings. The molecule has 2 aliphatic carbocycles. The number of halogens is 1. The first-order chi connectivity index (χ1) is 7.50. The molecule has 0 aliphatic heterocycles. The second kappa shape index (κ2) is 3.89. The molecule has 0 radical (unpaired) electrons. The van der Waals surface area contributed by atoms with Crippen molar-refractivity contribution >= 4 is 0 Å². The van der Waals surface area contributed by atoms with E-state index in [1.165, 1.54) is 5.56 Å². The monoisotopic (exact) mass is 216 g/mol. The largest absolute Gasteiger partial charge is 0.207 e. The SMILES string of the molecule is Cc1ccc(C(C)C)cc2c(C)c(F)cc1-2. The molecule has 0 amide bonds. The van der Waals surface area contributed by atoms with Gasteiger partial charge in [-0.1, -0.05) is 32.0 Å². The van der Waals surface area contributed by atoms with Crippen molar-refractivity contribution in [3.05, 3.63) is 46.8 Å². The zero-order chi connectivity index (χ0) is 11.9. The van der Waals surface area contributed by atoms with Gasteiger partial charge in [0.15, 0.2) is 0 Å². The van der Waals surface area contributed by atoms with Crippen molar-refractivity contribution in [1.29, 1.82) is 0 Å². The van der Waals surface area contributed by atoms with Crippen LogP contribution in [0.1, 0.15) is 36.5 Å². The van der Waals surface area contributed by atoms with Crippen molar-refractivity contribution in [3.63, 3.8) is 0 Å². The molecule has 0 saturated heterocycles. The molecule has 0 N–H and O–H groups in total. The summed E-state index contributed by atoms with van der Waals surface area (Å²) in [5.41, 5.74) is 5.22. The standard InChI is InChI=1S/C15H17F/c1-9(2)12-6-5-10(3)13-8-15(16)11(4)14(13)7-12/h5-9H,1-4H3. The van der Waals surface area contributed by atoms with E-state index in [1.54, 1.807) is 6.07 Å². The first kappa shape index (κ1) is 11.1. The van der Waals surface area contributed by atoms with E-state index in [1.807, 2.05) is 13.8 Å². The van der Waals surface area contributed by atoms with Crippen molar-refractivity contribution in [2.75, 3.05) is 0 Å². The Morgan fingerprint density at radius 2 is 1.69 bits per heavy atom. The Kier molecular flexibility index (Phi) is 2.71. The van der Waals surface area contributed by atoms with Crippen molar-refractivity contribution in [2.24, 2.45) is 0 Å².